The first-order valence-corrected chi connectivity index (χ1v) is 4.55. The van der Waals surface area contributed by atoms with E-state index in [9.17, 15) is 9.90 Å². The zero-order valence-electron chi connectivity index (χ0n) is 7.57. The first-order chi connectivity index (χ1) is 6.24. The molecule has 1 fully saturated rings. The lowest BCUT2D eigenvalue weighted by atomic mass is 10.1. The van der Waals surface area contributed by atoms with Crippen LogP contribution in [-0.4, -0.2) is 53.5 Å². The van der Waals surface area contributed by atoms with Crippen LogP contribution in [0.2, 0.25) is 0 Å². The Hall–Kier alpha value is -0.810. The number of likely N-dealkylation sites (tertiary alicyclic amines) is 1. The van der Waals surface area contributed by atoms with Crippen molar-refractivity contribution in [3.8, 4) is 0 Å². The Kier molecular flexibility index (Phi) is 3.98. The lowest BCUT2D eigenvalue weighted by Gasteiger charge is -2.29. The van der Waals surface area contributed by atoms with Crippen LogP contribution in [-0.2, 0) is 0 Å². The van der Waals surface area contributed by atoms with E-state index in [4.69, 9.17) is 5.11 Å². The van der Waals surface area contributed by atoms with Gasteiger partial charge in [-0.25, -0.2) is 4.79 Å². The topological polar surface area (TPSA) is 72.8 Å². The van der Waals surface area contributed by atoms with Crippen LogP contribution in [0.25, 0.3) is 0 Å². The number of urea groups is 1. The number of hydrogen-bond acceptors (Lipinski definition) is 3. The number of carbonyl (C=O) groups is 1. The van der Waals surface area contributed by atoms with Gasteiger partial charge in [0.25, 0.3) is 0 Å². The van der Waals surface area contributed by atoms with Crippen molar-refractivity contribution in [2.75, 3.05) is 26.2 Å². The van der Waals surface area contributed by atoms with E-state index in [0.29, 0.717) is 13.1 Å². The van der Waals surface area contributed by atoms with Crippen molar-refractivity contribution < 1.29 is 15.0 Å². The van der Waals surface area contributed by atoms with Gasteiger partial charge in [-0.1, -0.05) is 0 Å². The molecule has 13 heavy (non-hydrogen) atoms. The van der Waals surface area contributed by atoms with Crippen molar-refractivity contribution in [2.45, 2.75) is 18.9 Å². The smallest absolute Gasteiger partial charge is 0.317 e. The zero-order valence-corrected chi connectivity index (χ0v) is 7.57. The molecule has 1 atom stereocenters. The maximum absolute atomic E-state index is 11.3. The van der Waals surface area contributed by atoms with Gasteiger partial charge in [-0.15, -0.1) is 0 Å². The fourth-order valence-electron chi connectivity index (χ4n) is 1.41. The Morgan fingerprint density at radius 3 is 3.00 bits per heavy atom. The van der Waals surface area contributed by atoms with Crippen LogP contribution >= 0.6 is 0 Å². The van der Waals surface area contributed by atoms with Gasteiger partial charge in [-0.3, -0.25) is 0 Å². The SMILES string of the molecule is O=C(NCCO)N1CCC[C@H](O)C1. The van der Waals surface area contributed by atoms with E-state index in [1.54, 1.807) is 4.90 Å². The standard InChI is InChI=1S/C8H16N2O3/c11-5-3-9-8(13)10-4-1-2-7(12)6-10/h7,11-12H,1-6H2,(H,9,13)/t7-/m0/s1. The van der Waals surface area contributed by atoms with Crippen molar-refractivity contribution in [2.24, 2.45) is 0 Å². The normalized spacial score (nSPS) is 22.9. The maximum Gasteiger partial charge on any atom is 0.317 e. The van der Waals surface area contributed by atoms with Crippen LogP contribution in [0.5, 0.6) is 0 Å². The van der Waals surface area contributed by atoms with Gasteiger partial charge in [0.1, 0.15) is 0 Å². The molecule has 1 aliphatic heterocycles. The van der Waals surface area contributed by atoms with Crippen LogP contribution in [0.4, 0.5) is 4.79 Å². The first kappa shape index (κ1) is 10.3. The molecular formula is C8H16N2O3. The minimum Gasteiger partial charge on any atom is -0.395 e. The number of hydrogen-bond donors (Lipinski definition) is 3. The molecule has 76 valence electrons. The molecule has 0 aromatic carbocycles. The molecule has 1 rings (SSSR count). The predicted octanol–water partition coefficient (Wildman–Crippen LogP) is -0.855. The van der Waals surface area contributed by atoms with E-state index in [1.165, 1.54) is 0 Å². The minimum atomic E-state index is -0.395. The Balaban J connectivity index is 2.28. The second-order valence-electron chi connectivity index (χ2n) is 3.20. The van der Waals surface area contributed by atoms with Gasteiger partial charge in [-0.05, 0) is 12.8 Å². The quantitative estimate of drug-likeness (QED) is 0.528. The van der Waals surface area contributed by atoms with Gasteiger partial charge < -0.3 is 20.4 Å². The van der Waals surface area contributed by atoms with E-state index in [1.807, 2.05) is 0 Å². The van der Waals surface area contributed by atoms with E-state index in [2.05, 4.69) is 5.32 Å². The summed E-state index contributed by atoms with van der Waals surface area (Å²) in [7, 11) is 0. The number of amides is 2. The summed E-state index contributed by atoms with van der Waals surface area (Å²) in [5.41, 5.74) is 0. The second-order valence-corrected chi connectivity index (χ2v) is 3.20. The molecule has 0 spiro atoms. The minimum absolute atomic E-state index is 0.0534. The molecule has 0 aliphatic carbocycles. The number of aliphatic hydroxyl groups is 2. The molecule has 1 heterocycles. The van der Waals surface area contributed by atoms with Gasteiger partial charge in [0, 0.05) is 19.6 Å². The molecule has 0 aromatic heterocycles. The number of carbonyl (C=O) groups excluding carboxylic acids is 1. The van der Waals surface area contributed by atoms with Crippen molar-refractivity contribution in [3.63, 3.8) is 0 Å². The fraction of sp³-hybridized carbons (Fsp3) is 0.875. The third kappa shape index (κ3) is 3.20. The number of aliphatic hydroxyl groups excluding tert-OH is 2. The third-order valence-electron chi connectivity index (χ3n) is 2.07. The molecule has 1 saturated heterocycles. The van der Waals surface area contributed by atoms with Crippen molar-refractivity contribution in [3.05, 3.63) is 0 Å². The maximum atomic E-state index is 11.3. The summed E-state index contributed by atoms with van der Waals surface area (Å²) in [6.45, 7) is 1.30. The average molecular weight is 188 g/mol. The molecule has 1 aliphatic rings. The largest absolute Gasteiger partial charge is 0.395 e. The summed E-state index contributed by atoms with van der Waals surface area (Å²) in [6, 6.07) is -0.201. The lowest BCUT2D eigenvalue weighted by Crippen LogP contribution is -2.47. The Morgan fingerprint density at radius 2 is 2.38 bits per heavy atom. The fourth-order valence-corrected chi connectivity index (χ4v) is 1.41. The summed E-state index contributed by atoms with van der Waals surface area (Å²) < 4.78 is 0. The lowest BCUT2D eigenvalue weighted by molar-refractivity contribution is 0.0839. The summed E-state index contributed by atoms with van der Waals surface area (Å²) in [5, 5.41) is 20.3. The second kappa shape index (κ2) is 5.04. The van der Waals surface area contributed by atoms with Crippen LogP contribution in [0.15, 0.2) is 0 Å². The highest BCUT2D eigenvalue weighted by atomic mass is 16.3. The highest BCUT2D eigenvalue weighted by molar-refractivity contribution is 5.74. The van der Waals surface area contributed by atoms with Gasteiger partial charge in [0.2, 0.25) is 0 Å². The van der Waals surface area contributed by atoms with E-state index >= 15 is 0 Å². The molecule has 0 bridgehead atoms. The molecule has 0 unspecified atom stereocenters. The van der Waals surface area contributed by atoms with Crippen molar-refractivity contribution in [1.82, 2.24) is 10.2 Å². The number of nitrogens with zero attached hydrogens (tertiary/aromatic N) is 1. The van der Waals surface area contributed by atoms with Crippen LogP contribution in [0.3, 0.4) is 0 Å². The van der Waals surface area contributed by atoms with Crippen LogP contribution in [0.1, 0.15) is 12.8 Å². The molecule has 0 saturated carbocycles. The molecule has 5 heteroatoms. The third-order valence-corrected chi connectivity index (χ3v) is 2.07. The van der Waals surface area contributed by atoms with Crippen molar-refractivity contribution >= 4 is 6.03 Å². The monoisotopic (exact) mass is 188 g/mol. The Bertz CT molecular complexity index is 175. The van der Waals surface area contributed by atoms with Crippen LogP contribution in [0, 0.1) is 0 Å². The predicted molar refractivity (Wildman–Crippen MR) is 47.3 cm³/mol. The molecule has 0 radical (unpaired) electrons. The van der Waals surface area contributed by atoms with E-state index in [-0.39, 0.29) is 19.2 Å². The summed E-state index contributed by atoms with van der Waals surface area (Å²) in [4.78, 5) is 12.9. The highest BCUT2D eigenvalue weighted by Crippen LogP contribution is 2.09. The van der Waals surface area contributed by atoms with Gasteiger partial charge in [-0.2, -0.15) is 0 Å². The van der Waals surface area contributed by atoms with Crippen molar-refractivity contribution in [1.29, 1.82) is 0 Å². The van der Waals surface area contributed by atoms with Gasteiger partial charge in [0.05, 0.1) is 12.7 Å². The Labute approximate surface area is 77.3 Å². The molecule has 5 nitrogen and oxygen atoms in total. The molecular weight excluding hydrogens is 172 g/mol. The van der Waals surface area contributed by atoms with Crippen LogP contribution < -0.4 is 5.32 Å². The first-order valence-electron chi connectivity index (χ1n) is 4.55. The molecule has 0 aromatic rings. The number of rotatable bonds is 2. The van der Waals surface area contributed by atoms with Gasteiger partial charge in [0.15, 0.2) is 0 Å². The summed E-state index contributed by atoms with van der Waals surface area (Å²) in [6.07, 6.45) is 1.21. The van der Waals surface area contributed by atoms with E-state index in [0.717, 1.165) is 12.8 Å². The highest BCUT2D eigenvalue weighted by Gasteiger charge is 2.21. The Morgan fingerprint density at radius 1 is 1.62 bits per heavy atom. The summed E-state index contributed by atoms with van der Waals surface area (Å²) in [5.74, 6) is 0. The summed E-state index contributed by atoms with van der Waals surface area (Å²) >= 11 is 0. The van der Waals surface area contributed by atoms with E-state index < -0.39 is 6.10 Å². The zero-order chi connectivity index (χ0) is 9.68. The van der Waals surface area contributed by atoms with Gasteiger partial charge >= 0.3 is 6.03 Å². The average Bonchev–Trinajstić information content (AvgIpc) is 2.14. The number of nitrogens with one attached hydrogen (secondary N) is 1. The number of β-amino-alcohol motifs (C(OH)–C–C–N with tert-alkyl or cyclic N) is 1. The number of piperidine rings is 1. The molecule has 2 amide bonds. The molecule has 3 N–H and O–H groups in total.